The number of esters is 1. The second-order valence-corrected chi connectivity index (χ2v) is 6.78. The molecule has 0 bridgehead atoms. The molecule has 0 spiro atoms. The molecule has 2 atom stereocenters. The van der Waals surface area contributed by atoms with Gasteiger partial charge in [0, 0.05) is 0 Å². The van der Waals surface area contributed by atoms with Crippen molar-refractivity contribution in [1.29, 1.82) is 0 Å². The number of unbranched alkanes of at least 4 members (excludes halogenated alkanes) is 2. The molecule has 2 rings (SSSR count). The maximum atomic E-state index is 12.1. The summed E-state index contributed by atoms with van der Waals surface area (Å²) in [5.74, 6) is 0.369. The van der Waals surface area contributed by atoms with Gasteiger partial charge >= 0.3 is 5.97 Å². The van der Waals surface area contributed by atoms with Crippen molar-refractivity contribution in [2.75, 3.05) is 13.2 Å². The predicted molar refractivity (Wildman–Crippen MR) is 108 cm³/mol. The van der Waals surface area contributed by atoms with Gasteiger partial charge in [-0.25, -0.2) is 0 Å². The first kappa shape index (κ1) is 20.9. The number of carbonyl (C=O) groups is 1. The lowest BCUT2D eigenvalue weighted by Gasteiger charge is -2.20. The molecule has 0 aromatic heterocycles. The summed E-state index contributed by atoms with van der Waals surface area (Å²) in [4.78, 5) is 12.1. The molecule has 0 heterocycles. The number of benzene rings is 2. The fraction of sp³-hybridized carbons (Fsp3) is 0.409. The molecule has 5 nitrogen and oxygen atoms in total. The van der Waals surface area contributed by atoms with Gasteiger partial charge in [0.25, 0.3) is 0 Å². The first-order chi connectivity index (χ1) is 13.0. The van der Waals surface area contributed by atoms with Gasteiger partial charge in [0.15, 0.2) is 6.10 Å². The molecule has 5 heteroatoms. The largest absolute Gasteiger partial charge is 0.494 e. The standard InChI is InChI=1S/C22H30N2O3/c1-16-6-8-18(9-7-16)21(27-22(25)17(2)24)19-10-12-20(13-11-19)26-15-5-3-4-14-23/h6-13,17,21H,3-5,14-15,23-24H2,1-2H3. The number of ether oxygens (including phenoxy) is 2. The van der Waals surface area contributed by atoms with Gasteiger partial charge in [-0.2, -0.15) is 0 Å². The SMILES string of the molecule is Cc1ccc(C(OC(=O)C(C)N)c2ccc(OCCCCCN)cc2)cc1. The quantitative estimate of drug-likeness (QED) is 0.494. The van der Waals surface area contributed by atoms with E-state index in [4.69, 9.17) is 20.9 Å². The molecule has 0 radical (unpaired) electrons. The van der Waals surface area contributed by atoms with E-state index in [1.165, 1.54) is 0 Å². The van der Waals surface area contributed by atoms with Gasteiger partial charge in [-0.05, 0) is 62.9 Å². The number of aryl methyl sites for hydroxylation is 1. The lowest BCUT2D eigenvalue weighted by atomic mass is 10.00. The van der Waals surface area contributed by atoms with Crippen LogP contribution in [0.3, 0.4) is 0 Å². The lowest BCUT2D eigenvalue weighted by molar-refractivity contribution is -0.148. The Hall–Kier alpha value is -2.37. The summed E-state index contributed by atoms with van der Waals surface area (Å²) in [5, 5.41) is 0. The van der Waals surface area contributed by atoms with Gasteiger partial charge in [0.05, 0.1) is 6.61 Å². The van der Waals surface area contributed by atoms with Crippen LogP contribution in [0.4, 0.5) is 0 Å². The van der Waals surface area contributed by atoms with Gasteiger partial charge in [0.1, 0.15) is 11.8 Å². The molecule has 0 aliphatic rings. The molecule has 2 unspecified atom stereocenters. The highest BCUT2D eigenvalue weighted by molar-refractivity contribution is 5.75. The van der Waals surface area contributed by atoms with Gasteiger partial charge in [-0.1, -0.05) is 42.0 Å². The van der Waals surface area contributed by atoms with Crippen LogP contribution in [0.5, 0.6) is 5.75 Å². The van der Waals surface area contributed by atoms with E-state index < -0.39 is 18.1 Å². The molecule has 2 aromatic carbocycles. The highest BCUT2D eigenvalue weighted by atomic mass is 16.5. The number of rotatable bonds is 10. The Morgan fingerprint density at radius 1 is 0.963 bits per heavy atom. The minimum absolute atomic E-state index is 0.430. The predicted octanol–water partition coefficient (Wildman–Crippen LogP) is 3.48. The molecule has 0 amide bonds. The molecule has 0 saturated heterocycles. The topological polar surface area (TPSA) is 87.6 Å². The maximum absolute atomic E-state index is 12.1. The second-order valence-electron chi connectivity index (χ2n) is 6.78. The summed E-state index contributed by atoms with van der Waals surface area (Å²) in [5.41, 5.74) is 14.1. The van der Waals surface area contributed by atoms with Gasteiger partial charge in [0.2, 0.25) is 0 Å². The van der Waals surface area contributed by atoms with Crippen LogP contribution >= 0.6 is 0 Å². The van der Waals surface area contributed by atoms with Crippen molar-refractivity contribution < 1.29 is 14.3 Å². The van der Waals surface area contributed by atoms with Crippen molar-refractivity contribution in [3.8, 4) is 5.75 Å². The van der Waals surface area contributed by atoms with Crippen molar-refractivity contribution in [2.24, 2.45) is 11.5 Å². The third-order valence-corrected chi connectivity index (χ3v) is 4.29. The first-order valence-electron chi connectivity index (χ1n) is 9.46. The molecule has 0 aliphatic heterocycles. The van der Waals surface area contributed by atoms with Gasteiger partial charge < -0.3 is 20.9 Å². The van der Waals surface area contributed by atoms with E-state index >= 15 is 0 Å². The fourth-order valence-corrected chi connectivity index (χ4v) is 2.65. The van der Waals surface area contributed by atoms with Gasteiger partial charge in [-0.15, -0.1) is 0 Å². The zero-order valence-electron chi connectivity index (χ0n) is 16.2. The normalized spacial score (nSPS) is 13.0. The molecular formula is C22H30N2O3. The van der Waals surface area contributed by atoms with Crippen molar-refractivity contribution in [3.05, 3.63) is 65.2 Å². The third-order valence-electron chi connectivity index (χ3n) is 4.29. The highest BCUT2D eigenvalue weighted by Crippen LogP contribution is 2.28. The van der Waals surface area contributed by atoms with Crippen molar-refractivity contribution >= 4 is 5.97 Å². The van der Waals surface area contributed by atoms with E-state index in [0.717, 1.165) is 48.2 Å². The zero-order chi connectivity index (χ0) is 19.6. The third kappa shape index (κ3) is 6.70. The molecule has 2 aromatic rings. The Labute approximate surface area is 161 Å². The Morgan fingerprint density at radius 3 is 2.11 bits per heavy atom. The summed E-state index contributed by atoms with van der Waals surface area (Å²) >= 11 is 0. The van der Waals surface area contributed by atoms with E-state index in [2.05, 4.69) is 0 Å². The van der Waals surface area contributed by atoms with Crippen LogP contribution in [0.15, 0.2) is 48.5 Å². The molecule has 146 valence electrons. The summed E-state index contributed by atoms with van der Waals surface area (Å²) in [6.45, 7) is 5.03. The Bertz CT molecular complexity index is 697. The summed E-state index contributed by atoms with van der Waals surface area (Å²) in [6.07, 6.45) is 2.57. The van der Waals surface area contributed by atoms with Crippen molar-refractivity contribution in [2.45, 2.75) is 45.3 Å². The molecule has 0 saturated carbocycles. The average molecular weight is 370 g/mol. The number of nitrogens with two attached hydrogens (primary N) is 2. The second kappa shape index (κ2) is 10.7. The van der Waals surface area contributed by atoms with Gasteiger partial charge in [-0.3, -0.25) is 4.79 Å². The Morgan fingerprint density at radius 2 is 1.56 bits per heavy atom. The van der Waals surface area contributed by atoms with Crippen LogP contribution in [0.2, 0.25) is 0 Å². The average Bonchev–Trinajstić information content (AvgIpc) is 2.67. The first-order valence-corrected chi connectivity index (χ1v) is 9.46. The van der Waals surface area contributed by atoms with Crippen LogP contribution < -0.4 is 16.2 Å². The molecular weight excluding hydrogens is 340 g/mol. The Kier molecular flexibility index (Phi) is 8.30. The van der Waals surface area contributed by atoms with Crippen molar-refractivity contribution in [1.82, 2.24) is 0 Å². The summed E-state index contributed by atoms with van der Waals surface area (Å²) < 4.78 is 11.4. The number of carbonyl (C=O) groups excluding carboxylic acids is 1. The molecule has 27 heavy (non-hydrogen) atoms. The van der Waals surface area contributed by atoms with Crippen LogP contribution in [-0.4, -0.2) is 25.2 Å². The van der Waals surface area contributed by atoms with Crippen LogP contribution in [-0.2, 0) is 9.53 Å². The minimum atomic E-state index is -0.672. The zero-order valence-corrected chi connectivity index (χ0v) is 16.2. The summed E-state index contributed by atoms with van der Waals surface area (Å²) in [6, 6.07) is 14.9. The van der Waals surface area contributed by atoms with Crippen LogP contribution in [0.1, 0.15) is 49.0 Å². The fourth-order valence-electron chi connectivity index (χ4n) is 2.65. The van der Waals surface area contributed by atoms with E-state index in [-0.39, 0.29) is 0 Å². The van der Waals surface area contributed by atoms with E-state index in [9.17, 15) is 4.79 Å². The maximum Gasteiger partial charge on any atom is 0.323 e. The smallest absolute Gasteiger partial charge is 0.323 e. The monoisotopic (exact) mass is 370 g/mol. The van der Waals surface area contributed by atoms with E-state index in [0.29, 0.717) is 6.61 Å². The molecule has 4 N–H and O–H groups in total. The lowest BCUT2D eigenvalue weighted by Crippen LogP contribution is -2.30. The highest BCUT2D eigenvalue weighted by Gasteiger charge is 2.21. The van der Waals surface area contributed by atoms with Crippen molar-refractivity contribution in [3.63, 3.8) is 0 Å². The minimum Gasteiger partial charge on any atom is -0.494 e. The van der Waals surface area contributed by atoms with E-state index in [1.54, 1.807) is 6.92 Å². The van der Waals surface area contributed by atoms with E-state index in [1.807, 2.05) is 55.5 Å². The summed E-state index contributed by atoms with van der Waals surface area (Å²) in [7, 11) is 0. The Balaban J connectivity index is 2.10. The number of hydrogen-bond donors (Lipinski definition) is 2. The van der Waals surface area contributed by atoms with Crippen LogP contribution in [0, 0.1) is 6.92 Å². The molecule has 0 fully saturated rings. The number of hydrogen-bond acceptors (Lipinski definition) is 5. The molecule has 0 aliphatic carbocycles. The van der Waals surface area contributed by atoms with Crippen LogP contribution in [0.25, 0.3) is 0 Å².